The molecule has 5 fully saturated rings. The quantitative estimate of drug-likeness (QED) is 0.791. The highest BCUT2D eigenvalue weighted by molar-refractivity contribution is 7.99. The summed E-state index contributed by atoms with van der Waals surface area (Å²) in [6, 6.07) is 3.42. The van der Waals surface area contributed by atoms with Crippen molar-refractivity contribution in [3.63, 3.8) is 0 Å². The Morgan fingerprint density at radius 2 is 1.83 bits per heavy atom. The molecule has 130 valence electrons. The summed E-state index contributed by atoms with van der Waals surface area (Å²) in [5.41, 5.74) is 0. The van der Waals surface area contributed by atoms with Gasteiger partial charge in [-0.05, 0) is 49.4 Å². The molecule has 8 unspecified atom stereocenters. The maximum absolute atomic E-state index is 12.2. The lowest BCUT2D eigenvalue weighted by atomic mass is 9.61. The fraction of sp³-hybridized carbons (Fsp3) is 0.895. The first-order valence-electron chi connectivity index (χ1n) is 9.81. The summed E-state index contributed by atoms with van der Waals surface area (Å²) in [5.74, 6) is 5.35. The van der Waals surface area contributed by atoms with E-state index in [0.717, 1.165) is 17.9 Å². The van der Waals surface area contributed by atoms with Gasteiger partial charge in [0.2, 0.25) is 5.91 Å². The zero-order valence-electron chi connectivity index (χ0n) is 14.2. The normalized spacial score (nSPS) is 50.7. The number of hydrogen-bond donors (Lipinski definition) is 1. The standard InChI is InChI=1S/C19H27N3OS/c20-10-14-17-12-4-5-15(22-6-8-24-9-7-22)11-2-1-3-13(16(11)12)18(17)21-19(14)23/h11-18H,1-9H2,(H,21,23). The molecule has 0 aromatic heterocycles. The van der Waals surface area contributed by atoms with Gasteiger partial charge in [0, 0.05) is 42.6 Å². The van der Waals surface area contributed by atoms with Crippen LogP contribution in [0.25, 0.3) is 0 Å². The molecule has 2 saturated heterocycles. The molecule has 5 aliphatic rings. The highest BCUT2D eigenvalue weighted by Gasteiger charge is 2.63. The molecule has 1 N–H and O–H groups in total. The van der Waals surface area contributed by atoms with E-state index in [4.69, 9.17) is 0 Å². The first-order chi connectivity index (χ1) is 11.8. The Balaban J connectivity index is 1.44. The molecule has 3 aliphatic carbocycles. The van der Waals surface area contributed by atoms with Gasteiger partial charge in [0.05, 0.1) is 6.07 Å². The van der Waals surface area contributed by atoms with Crippen molar-refractivity contribution in [3.05, 3.63) is 0 Å². The van der Waals surface area contributed by atoms with E-state index in [1.54, 1.807) is 0 Å². The summed E-state index contributed by atoms with van der Waals surface area (Å²) in [6.45, 7) is 2.52. The first-order valence-corrected chi connectivity index (χ1v) is 11.0. The van der Waals surface area contributed by atoms with Crippen molar-refractivity contribution >= 4 is 17.7 Å². The van der Waals surface area contributed by atoms with E-state index in [2.05, 4.69) is 28.0 Å². The number of nitrogens with zero attached hydrogens (tertiary/aromatic N) is 2. The number of fused-ring (bicyclic) bond motifs is 3. The van der Waals surface area contributed by atoms with Gasteiger partial charge in [-0.15, -0.1) is 0 Å². The second kappa shape index (κ2) is 5.92. The van der Waals surface area contributed by atoms with Crippen LogP contribution in [0.4, 0.5) is 0 Å². The molecular weight excluding hydrogens is 318 g/mol. The Morgan fingerprint density at radius 3 is 2.62 bits per heavy atom. The zero-order chi connectivity index (χ0) is 16.3. The molecule has 4 nitrogen and oxygen atoms in total. The van der Waals surface area contributed by atoms with Gasteiger partial charge in [0.25, 0.3) is 0 Å². The van der Waals surface area contributed by atoms with Gasteiger partial charge in [-0.25, -0.2) is 0 Å². The summed E-state index contributed by atoms with van der Waals surface area (Å²) < 4.78 is 0. The number of nitriles is 1. The van der Waals surface area contributed by atoms with Crippen LogP contribution in [0.15, 0.2) is 0 Å². The third-order valence-electron chi connectivity index (χ3n) is 7.85. The monoisotopic (exact) mass is 345 g/mol. The molecule has 24 heavy (non-hydrogen) atoms. The summed E-state index contributed by atoms with van der Waals surface area (Å²) in [6.07, 6.45) is 6.48. The average molecular weight is 346 g/mol. The molecule has 3 saturated carbocycles. The van der Waals surface area contributed by atoms with Crippen molar-refractivity contribution in [1.29, 1.82) is 5.26 Å². The highest BCUT2D eigenvalue weighted by atomic mass is 32.2. The molecule has 0 bridgehead atoms. The van der Waals surface area contributed by atoms with Crippen LogP contribution in [-0.4, -0.2) is 47.5 Å². The molecule has 0 aromatic carbocycles. The maximum Gasteiger partial charge on any atom is 0.237 e. The molecular formula is C19H27N3OS. The van der Waals surface area contributed by atoms with Crippen LogP contribution in [0, 0.1) is 46.8 Å². The maximum atomic E-state index is 12.2. The fourth-order valence-corrected chi connectivity index (χ4v) is 8.09. The SMILES string of the molecule is N#CC1C(=O)NC2C3CCCC4C3C(CCC4N3CCSCC3)C12. The molecule has 5 rings (SSSR count). The topological polar surface area (TPSA) is 56.1 Å². The average Bonchev–Trinajstić information content (AvgIpc) is 3.11. The Morgan fingerprint density at radius 1 is 1.04 bits per heavy atom. The Bertz CT molecular complexity index is 569. The van der Waals surface area contributed by atoms with Gasteiger partial charge >= 0.3 is 0 Å². The van der Waals surface area contributed by atoms with Crippen LogP contribution in [0.5, 0.6) is 0 Å². The predicted octanol–water partition coefficient (Wildman–Crippen LogP) is 2.11. The minimum atomic E-state index is -0.380. The Labute approximate surface area is 148 Å². The summed E-state index contributed by atoms with van der Waals surface area (Å²) in [7, 11) is 0. The number of hydrogen-bond acceptors (Lipinski definition) is 4. The number of carbonyl (C=O) groups is 1. The van der Waals surface area contributed by atoms with E-state index in [1.165, 1.54) is 56.7 Å². The van der Waals surface area contributed by atoms with Crippen LogP contribution in [0.1, 0.15) is 32.1 Å². The second-order valence-corrected chi connectivity index (χ2v) is 9.74. The van der Waals surface area contributed by atoms with Gasteiger partial charge in [0.1, 0.15) is 5.92 Å². The molecule has 1 amide bonds. The molecule has 0 aromatic rings. The lowest BCUT2D eigenvalue weighted by Gasteiger charge is -2.51. The van der Waals surface area contributed by atoms with Crippen LogP contribution in [0.2, 0.25) is 0 Å². The Kier molecular flexibility index (Phi) is 3.83. The van der Waals surface area contributed by atoms with Crippen LogP contribution >= 0.6 is 11.8 Å². The highest BCUT2D eigenvalue weighted by Crippen LogP contribution is 2.60. The third-order valence-corrected chi connectivity index (χ3v) is 8.79. The minimum Gasteiger partial charge on any atom is -0.352 e. The van der Waals surface area contributed by atoms with E-state index < -0.39 is 0 Å². The third kappa shape index (κ3) is 2.12. The van der Waals surface area contributed by atoms with Gasteiger partial charge in [-0.3, -0.25) is 9.69 Å². The van der Waals surface area contributed by atoms with E-state index in [0.29, 0.717) is 23.8 Å². The van der Waals surface area contributed by atoms with Gasteiger partial charge in [-0.1, -0.05) is 6.42 Å². The predicted molar refractivity (Wildman–Crippen MR) is 94.3 cm³/mol. The summed E-state index contributed by atoms with van der Waals surface area (Å²) in [4.78, 5) is 15.0. The number of carbonyl (C=O) groups excluding carboxylic acids is 1. The van der Waals surface area contributed by atoms with E-state index in [9.17, 15) is 10.1 Å². The molecule has 2 heterocycles. The lowest BCUT2D eigenvalue weighted by molar-refractivity contribution is -0.122. The zero-order valence-corrected chi connectivity index (χ0v) is 15.0. The summed E-state index contributed by atoms with van der Waals surface area (Å²) in [5, 5.41) is 12.8. The van der Waals surface area contributed by atoms with Crippen molar-refractivity contribution in [2.24, 2.45) is 35.5 Å². The second-order valence-electron chi connectivity index (χ2n) is 8.51. The van der Waals surface area contributed by atoms with E-state index in [-0.39, 0.29) is 11.8 Å². The fourth-order valence-electron chi connectivity index (χ4n) is 7.16. The van der Waals surface area contributed by atoms with E-state index >= 15 is 0 Å². The van der Waals surface area contributed by atoms with Crippen molar-refractivity contribution in [3.8, 4) is 6.07 Å². The van der Waals surface area contributed by atoms with Crippen molar-refractivity contribution < 1.29 is 4.79 Å². The van der Waals surface area contributed by atoms with Crippen molar-refractivity contribution in [2.45, 2.75) is 44.2 Å². The number of rotatable bonds is 1. The van der Waals surface area contributed by atoms with Gasteiger partial charge in [-0.2, -0.15) is 17.0 Å². The number of nitrogens with one attached hydrogen (secondary N) is 1. The van der Waals surface area contributed by atoms with Crippen molar-refractivity contribution in [1.82, 2.24) is 10.2 Å². The molecule has 0 spiro atoms. The van der Waals surface area contributed by atoms with Gasteiger partial charge in [0.15, 0.2) is 0 Å². The van der Waals surface area contributed by atoms with Gasteiger partial charge < -0.3 is 5.32 Å². The largest absolute Gasteiger partial charge is 0.352 e. The molecule has 5 heteroatoms. The van der Waals surface area contributed by atoms with Crippen LogP contribution in [-0.2, 0) is 4.79 Å². The smallest absolute Gasteiger partial charge is 0.237 e. The first kappa shape index (κ1) is 15.5. The molecule has 8 atom stereocenters. The molecule has 0 radical (unpaired) electrons. The Hall–Kier alpha value is -0.730. The van der Waals surface area contributed by atoms with Crippen molar-refractivity contribution in [2.75, 3.05) is 24.6 Å². The van der Waals surface area contributed by atoms with Crippen LogP contribution < -0.4 is 5.32 Å². The number of amides is 1. The number of thioether (sulfide) groups is 1. The van der Waals surface area contributed by atoms with E-state index in [1.807, 2.05) is 0 Å². The van der Waals surface area contributed by atoms with Crippen LogP contribution in [0.3, 0.4) is 0 Å². The lowest BCUT2D eigenvalue weighted by Crippen LogP contribution is -2.53. The summed E-state index contributed by atoms with van der Waals surface area (Å²) >= 11 is 2.10. The minimum absolute atomic E-state index is 0.0169. The molecule has 2 aliphatic heterocycles.